The molecule has 7 nitrogen and oxygen atoms in total. The lowest BCUT2D eigenvalue weighted by atomic mass is 9.96. The number of amides is 1. The van der Waals surface area contributed by atoms with E-state index in [1.807, 2.05) is 10.9 Å². The van der Waals surface area contributed by atoms with Gasteiger partial charge in [0.15, 0.2) is 5.65 Å². The average Bonchev–Trinajstić information content (AvgIpc) is 3.08. The zero-order chi connectivity index (χ0) is 18.3. The second-order valence-electron chi connectivity index (χ2n) is 6.94. The number of primary amides is 1. The van der Waals surface area contributed by atoms with Crippen LogP contribution in [0.1, 0.15) is 24.0 Å². The Hall–Kier alpha value is -2.96. The Morgan fingerprint density at radius 1 is 1.19 bits per heavy atom. The summed E-state index contributed by atoms with van der Waals surface area (Å²) in [6, 6.07) is 6.30. The van der Waals surface area contributed by atoms with Gasteiger partial charge < -0.3 is 10.6 Å². The predicted octanol–water partition coefficient (Wildman–Crippen LogP) is 2.13. The molecule has 0 spiro atoms. The number of carbonyl (C=O) groups excluding carboxylic acids is 1. The van der Waals surface area contributed by atoms with Crippen molar-refractivity contribution >= 4 is 22.8 Å². The summed E-state index contributed by atoms with van der Waals surface area (Å²) in [7, 11) is 0. The Kier molecular flexibility index (Phi) is 4.06. The number of anilines is 1. The smallest absolute Gasteiger partial charge is 0.220 e. The lowest BCUT2D eigenvalue weighted by Gasteiger charge is -2.31. The fourth-order valence-corrected chi connectivity index (χ4v) is 3.58. The first-order valence-corrected chi connectivity index (χ1v) is 8.85. The molecule has 3 aromatic rings. The van der Waals surface area contributed by atoms with Crippen molar-refractivity contribution in [1.82, 2.24) is 19.7 Å². The van der Waals surface area contributed by atoms with Gasteiger partial charge >= 0.3 is 0 Å². The summed E-state index contributed by atoms with van der Waals surface area (Å²) in [6.07, 6.45) is 4.92. The summed E-state index contributed by atoms with van der Waals surface area (Å²) in [5.74, 6) is 0.621. The van der Waals surface area contributed by atoms with Crippen LogP contribution in [-0.4, -0.2) is 38.7 Å². The summed E-state index contributed by atoms with van der Waals surface area (Å²) < 4.78 is 1.87. The van der Waals surface area contributed by atoms with E-state index in [9.17, 15) is 4.79 Å². The molecule has 1 fully saturated rings. The first kappa shape index (κ1) is 16.5. The first-order chi connectivity index (χ1) is 12.5. The number of benzene rings is 1. The Morgan fingerprint density at radius 2 is 1.96 bits per heavy atom. The van der Waals surface area contributed by atoms with Crippen LogP contribution >= 0.6 is 0 Å². The molecule has 0 atom stereocenters. The van der Waals surface area contributed by atoms with Crippen molar-refractivity contribution in [2.75, 3.05) is 18.0 Å². The normalized spacial score (nSPS) is 15.5. The van der Waals surface area contributed by atoms with Crippen molar-refractivity contribution in [3.8, 4) is 5.69 Å². The molecule has 4 rings (SSSR count). The standard InChI is InChI=1S/C19H22N6O/c1-12-3-4-13(2)16(9-12)25-19-15(10-23-25)18(21-11-22-19)24-7-5-14(6-8-24)17(20)26/h3-4,9-11,14H,5-8H2,1-2H3,(H2,20,26). The fraction of sp³-hybridized carbons (Fsp3) is 0.368. The van der Waals surface area contributed by atoms with Gasteiger partial charge in [-0.05, 0) is 43.9 Å². The van der Waals surface area contributed by atoms with Gasteiger partial charge in [0, 0.05) is 19.0 Å². The van der Waals surface area contributed by atoms with Gasteiger partial charge in [0.1, 0.15) is 12.1 Å². The molecule has 2 aromatic heterocycles. The minimum atomic E-state index is -0.208. The molecule has 1 aromatic carbocycles. The third kappa shape index (κ3) is 2.79. The van der Waals surface area contributed by atoms with Crippen molar-refractivity contribution in [2.24, 2.45) is 11.7 Å². The fourth-order valence-electron chi connectivity index (χ4n) is 3.58. The van der Waals surface area contributed by atoms with Gasteiger partial charge in [0.2, 0.25) is 5.91 Å². The van der Waals surface area contributed by atoms with Gasteiger partial charge in [0.25, 0.3) is 0 Å². The highest BCUT2D eigenvalue weighted by molar-refractivity contribution is 5.88. The van der Waals surface area contributed by atoms with E-state index < -0.39 is 0 Å². The highest BCUT2D eigenvalue weighted by Gasteiger charge is 2.25. The number of nitrogens with two attached hydrogens (primary N) is 1. The molecule has 0 radical (unpaired) electrons. The van der Waals surface area contributed by atoms with E-state index >= 15 is 0 Å². The van der Waals surface area contributed by atoms with Crippen LogP contribution < -0.4 is 10.6 Å². The van der Waals surface area contributed by atoms with Crippen molar-refractivity contribution in [1.29, 1.82) is 0 Å². The van der Waals surface area contributed by atoms with Crippen LogP contribution in [0.4, 0.5) is 5.82 Å². The molecule has 0 unspecified atom stereocenters. The molecule has 1 amide bonds. The number of carbonyl (C=O) groups is 1. The van der Waals surface area contributed by atoms with Crippen LogP contribution in [0.5, 0.6) is 0 Å². The Morgan fingerprint density at radius 3 is 2.69 bits per heavy atom. The van der Waals surface area contributed by atoms with Crippen LogP contribution in [0.3, 0.4) is 0 Å². The Balaban J connectivity index is 1.72. The maximum atomic E-state index is 11.4. The number of aromatic nitrogens is 4. The monoisotopic (exact) mass is 350 g/mol. The van der Waals surface area contributed by atoms with Crippen LogP contribution in [0.25, 0.3) is 16.7 Å². The number of nitrogens with zero attached hydrogens (tertiary/aromatic N) is 5. The maximum absolute atomic E-state index is 11.4. The molecule has 0 aliphatic carbocycles. The topological polar surface area (TPSA) is 89.9 Å². The lowest BCUT2D eigenvalue weighted by molar-refractivity contribution is -0.122. The molecule has 26 heavy (non-hydrogen) atoms. The first-order valence-electron chi connectivity index (χ1n) is 8.85. The van der Waals surface area contributed by atoms with Crippen LogP contribution in [-0.2, 0) is 4.79 Å². The predicted molar refractivity (Wildman–Crippen MR) is 100 cm³/mol. The summed E-state index contributed by atoms with van der Waals surface area (Å²) in [5, 5.41) is 5.50. The largest absolute Gasteiger partial charge is 0.369 e. The second kappa shape index (κ2) is 6.40. The van der Waals surface area contributed by atoms with E-state index in [1.165, 1.54) is 5.56 Å². The number of aryl methyl sites for hydroxylation is 2. The summed E-state index contributed by atoms with van der Waals surface area (Å²) in [6.45, 7) is 5.65. The average molecular weight is 350 g/mol. The van der Waals surface area contributed by atoms with Crippen molar-refractivity contribution in [2.45, 2.75) is 26.7 Å². The van der Waals surface area contributed by atoms with Crippen molar-refractivity contribution in [3.05, 3.63) is 41.9 Å². The van der Waals surface area contributed by atoms with Gasteiger partial charge in [-0.15, -0.1) is 0 Å². The van der Waals surface area contributed by atoms with E-state index in [1.54, 1.807) is 6.33 Å². The Labute approximate surface area is 151 Å². The van der Waals surface area contributed by atoms with E-state index in [2.05, 4.69) is 52.0 Å². The number of hydrogen-bond acceptors (Lipinski definition) is 5. The van der Waals surface area contributed by atoms with Gasteiger partial charge in [-0.3, -0.25) is 4.79 Å². The molecule has 7 heteroatoms. The Bertz CT molecular complexity index is 971. The number of rotatable bonds is 3. The van der Waals surface area contributed by atoms with Crippen molar-refractivity contribution in [3.63, 3.8) is 0 Å². The summed E-state index contributed by atoms with van der Waals surface area (Å²) in [4.78, 5) is 22.6. The molecule has 134 valence electrons. The van der Waals surface area contributed by atoms with Gasteiger partial charge in [-0.2, -0.15) is 5.10 Å². The third-order valence-electron chi connectivity index (χ3n) is 5.13. The summed E-state index contributed by atoms with van der Waals surface area (Å²) in [5.41, 5.74) is 9.58. The zero-order valence-corrected chi connectivity index (χ0v) is 15.0. The van der Waals surface area contributed by atoms with Crippen LogP contribution in [0, 0.1) is 19.8 Å². The van der Waals surface area contributed by atoms with Crippen molar-refractivity contribution < 1.29 is 4.79 Å². The van der Waals surface area contributed by atoms with Crippen LogP contribution in [0.15, 0.2) is 30.7 Å². The van der Waals surface area contributed by atoms with E-state index in [-0.39, 0.29) is 11.8 Å². The van der Waals surface area contributed by atoms with E-state index in [0.717, 1.165) is 54.0 Å². The number of piperidine rings is 1. The number of fused-ring (bicyclic) bond motifs is 1. The van der Waals surface area contributed by atoms with E-state index in [4.69, 9.17) is 5.73 Å². The minimum absolute atomic E-state index is 0.0405. The molecule has 1 aliphatic heterocycles. The molecule has 0 bridgehead atoms. The molecular weight excluding hydrogens is 328 g/mol. The number of hydrogen-bond donors (Lipinski definition) is 1. The molecule has 0 saturated carbocycles. The van der Waals surface area contributed by atoms with E-state index in [0.29, 0.717) is 0 Å². The van der Waals surface area contributed by atoms with Gasteiger partial charge in [0.05, 0.1) is 17.3 Å². The van der Waals surface area contributed by atoms with Gasteiger partial charge in [-0.1, -0.05) is 12.1 Å². The molecule has 3 heterocycles. The molecule has 2 N–H and O–H groups in total. The highest BCUT2D eigenvalue weighted by atomic mass is 16.1. The quantitative estimate of drug-likeness (QED) is 0.781. The SMILES string of the molecule is Cc1ccc(C)c(-n2ncc3c(N4CCC(C(N)=O)CC4)ncnc32)c1. The van der Waals surface area contributed by atoms with Gasteiger partial charge in [-0.25, -0.2) is 14.6 Å². The molecule has 1 saturated heterocycles. The third-order valence-corrected chi connectivity index (χ3v) is 5.13. The lowest BCUT2D eigenvalue weighted by Crippen LogP contribution is -2.39. The maximum Gasteiger partial charge on any atom is 0.220 e. The highest BCUT2D eigenvalue weighted by Crippen LogP contribution is 2.29. The second-order valence-corrected chi connectivity index (χ2v) is 6.94. The zero-order valence-electron chi connectivity index (χ0n) is 15.0. The molecular formula is C19H22N6O. The molecule has 1 aliphatic rings. The minimum Gasteiger partial charge on any atom is -0.369 e. The van der Waals surface area contributed by atoms with Crippen LogP contribution in [0.2, 0.25) is 0 Å². The summed E-state index contributed by atoms with van der Waals surface area (Å²) >= 11 is 0.